The van der Waals surface area contributed by atoms with Gasteiger partial charge in [0.1, 0.15) is 18.6 Å². The largest absolute Gasteiger partial charge is 0.496 e. The van der Waals surface area contributed by atoms with Crippen LogP contribution >= 0.6 is 0 Å². The number of hydrogen-bond acceptors (Lipinski definition) is 6. The van der Waals surface area contributed by atoms with E-state index in [1.807, 2.05) is 32.9 Å². The molecule has 1 aromatic carbocycles. The molecule has 138 valence electrons. The Morgan fingerprint density at radius 1 is 1.04 bits per heavy atom. The minimum absolute atomic E-state index is 0.146. The number of rotatable bonds is 5. The van der Waals surface area contributed by atoms with Crippen molar-refractivity contribution in [2.24, 2.45) is 0 Å². The molecular formula is C18H29N4O3+. The van der Waals surface area contributed by atoms with Crippen LogP contribution in [0.2, 0.25) is 0 Å². The first-order chi connectivity index (χ1) is 11.9. The smallest absolute Gasteiger partial charge is 0.428 e. The van der Waals surface area contributed by atoms with Gasteiger partial charge in [-0.2, -0.15) is 0 Å². The zero-order valence-corrected chi connectivity index (χ0v) is 16.1. The molecule has 7 nitrogen and oxygen atoms in total. The summed E-state index contributed by atoms with van der Waals surface area (Å²) < 4.78 is 12.7. The SMILES string of the molecule is CC.COc1cc(C(C)C)c(Oc2c[n+](OC)c(N)nc2N)cc1C. The van der Waals surface area contributed by atoms with Crippen LogP contribution in [0, 0.1) is 6.92 Å². The van der Waals surface area contributed by atoms with Gasteiger partial charge < -0.3 is 20.0 Å². The van der Waals surface area contributed by atoms with Crippen molar-refractivity contribution in [2.75, 3.05) is 25.7 Å². The molecule has 0 spiro atoms. The first kappa shape index (κ1) is 20.3. The molecule has 1 aromatic heterocycles. The van der Waals surface area contributed by atoms with E-state index in [-0.39, 0.29) is 17.7 Å². The van der Waals surface area contributed by atoms with Crippen LogP contribution in [-0.4, -0.2) is 19.2 Å². The third kappa shape index (κ3) is 4.65. The van der Waals surface area contributed by atoms with Crippen molar-refractivity contribution < 1.29 is 19.0 Å². The van der Waals surface area contributed by atoms with E-state index in [9.17, 15) is 0 Å². The van der Waals surface area contributed by atoms with Gasteiger partial charge in [-0.15, -0.1) is 0 Å². The number of aromatic nitrogens is 2. The number of hydrogen-bond donors (Lipinski definition) is 2. The van der Waals surface area contributed by atoms with Crippen molar-refractivity contribution in [1.82, 2.24) is 4.98 Å². The van der Waals surface area contributed by atoms with Gasteiger partial charge in [-0.3, -0.25) is 5.73 Å². The van der Waals surface area contributed by atoms with Gasteiger partial charge in [0, 0.05) is 5.56 Å². The Morgan fingerprint density at radius 3 is 2.20 bits per heavy atom. The quantitative estimate of drug-likeness (QED) is 0.806. The van der Waals surface area contributed by atoms with Crippen LogP contribution in [0.15, 0.2) is 18.3 Å². The van der Waals surface area contributed by atoms with Gasteiger partial charge in [-0.05, 0) is 35.5 Å². The summed E-state index contributed by atoms with van der Waals surface area (Å²) >= 11 is 0. The Bertz CT molecular complexity index is 718. The van der Waals surface area contributed by atoms with E-state index in [2.05, 4.69) is 18.8 Å². The highest BCUT2D eigenvalue weighted by atomic mass is 16.6. The second-order valence-electron chi connectivity index (χ2n) is 5.47. The van der Waals surface area contributed by atoms with E-state index in [1.54, 1.807) is 13.3 Å². The van der Waals surface area contributed by atoms with E-state index in [0.717, 1.165) is 16.9 Å². The lowest BCUT2D eigenvalue weighted by Crippen LogP contribution is -2.44. The summed E-state index contributed by atoms with van der Waals surface area (Å²) in [5.74, 6) is 2.46. The maximum absolute atomic E-state index is 5.98. The molecule has 25 heavy (non-hydrogen) atoms. The molecule has 0 aliphatic heterocycles. The Kier molecular flexibility index (Phi) is 7.29. The van der Waals surface area contributed by atoms with Gasteiger partial charge in [0.2, 0.25) is 11.6 Å². The predicted molar refractivity (Wildman–Crippen MR) is 99.0 cm³/mol. The number of nitrogens with two attached hydrogens (primary N) is 2. The normalized spacial score (nSPS) is 10.1. The number of benzene rings is 1. The average Bonchev–Trinajstić information content (AvgIpc) is 2.59. The molecule has 0 fully saturated rings. The van der Waals surface area contributed by atoms with Gasteiger partial charge in [-0.1, -0.05) is 32.4 Å². The lowest BCUT2D eigenvalue weighted by atomic mass is 10.00. The number of ether oxygens (including phenoxy) is 2. The van der Waals surface area contributed by atoms with E-state index < -0.39 is 0 Å². The summed E-state index contributed by atoms with van der Waals surface area (Å²) in [7, 11) is 3.13. The van der Waals surface area contributed by atoms with E-state index in [1.165, 1.54) is 11.8 Å². The lowest BCUT2D eigenvalue weighted by Gasteiger charge is -2.17. The van der Waals surface area contributed by atoms with Crippen LogP contribution in [0.4, 0.5) is 11.8 Å². The fourth-order valence-corrected chi connectivity index (χ4v) is 2.25. The molecule has 0 radical (unpaired) electrons. The van der Waals surface area contributed by atoms with E-state index in [0.29, 0.717) is 11.5 Å². The molecule has 4 N–H and O–H groups in total. The zero-order valence-electron chi connectivity index (χ0n) is 16.1. The topological polar surface area (TPSA) is 96.5 Å². The highest BCUT2D eigenvalue weighted by molar-refractivity contribution is 5.52. The zero-order chi connectivity index (χ0) is 19.1. The molecule has 0 saturated heterocycles. The Morgan fingerprint density at radius 2 is 1.68 bits per heavy atom. The van der Waals surface area contributed by atoms with Gasteiger partial charge in [0.15, 0.2) is 6.20 Å². The number of nitrogen functional groups attached to an aromatic ring is 2. The number of methoxy groups -OCH3 is 1. The highest BCUT2D eigenvalue weighted by Crippen LogP contribution is 2.36. The third-order valence-corrected chi connectivity index (χ3v) is 3.51. The minimum atomic E-state index is 0.146. The maximum Gasteiger partial charge on any atom is 0.428 e. The van der Waals surface area contributed by atoms with Crippen molar-refractivity contribution in [1.29, 1.82) is 0 Å². The highest BCUT2D eigenvalue weighted by Gasteiger charge is 2.19. The van der Waals surface area contributed by atoms with Gasteiger partial charge >= 0.3 is 5.95 Å². The van der Waals surface area contributed by atoms with Crippen LogP contribution in [0.25, 0.3) is 0 Å². The van der Waals surface area contributed by atoms with Crippen molar-refractivity contribution in [2.45, 2.75) is 40.5 Å². The summed E-state index contributed by atoms with van der Waals surface area (Å²) in [6.45, 7) is 10.1. The first-order valence-corrected chi connectivity index (χ1v) is 8.25. The summed E-state index contributed by atoms with van der Waals surface area (Å²) in [5, 5.41) is 0. The molecule has 0 saturated carbocycles. The van der Waals surface area contributed by atoms with E-state index in [4.69, 9.17) is 25.8 Å². The Hall–Kier alpha value is -2.70. The molecule has 2 rings (SSSR count). The fraction of sp³-hybridized carbons (Fsp3) is 0.444. The maximum atomic E-state index is 5.98. The van der Waals surface area contributed by atoms with Crippen molar-refractivity contribution in [3.63, 3.8) is 0 Å². The summed E-state index contributed by atoms with van der Waals surface area (Å²) in [4.78, 5) is 9.10. The Labute approximate surface area is 149 Å². The monoisotopic (exact) mass is 349 g/mol. The summed E-state index contributed by atoms with van der Waals surface area (Å²) in [6, 6.07) is 3.89. The molecule has 0 amide bonds. The van der Waals surface area contributed by atoms with Crippen LogP contribution in [0.1, 0.15) is 44.7 Å². The Balaban J connectivity index is 0.00000151. The third-order valence-electron chi connectivity index (χ3n) is 3.51. The predicted octanol–water partition coefficient (Wildman–Crippen LogP) is 2.85. The second kappa shape index (κ2) is 8.96. The fourth-order valence-electron chi connectivity index (χ4n) is 2.25. The van der Waals surface area contributed by atoms with Crippen LogP contribution in [0.5, 0.6) is 17.2 Å². The molecule has 0 atom stereocenters. The van der Waals surface area contributed by atoms with Crippen LogP contribution in [-0.2, 0) is 0 Å². The lowest BCUT2D eigenvalue weighted by molar-refractivity contribution is -0.875. The molecule has 0 aliphatic rings. The molecule has 2 aromatic rings. The number of nitrogens with zero attached hydrogens (tertiary/aromatic N) is 2. The number of aryl methyl sites for hydroxylation is 1. The molecule has 0 bridgehead atoms. The molecule has 0 aliphatic carbocycles. The van der Waals surface area contributed by atoms with Gasteiger partial charge in [0.05, 0.1) is 7.11 Å². The molecule has 7 heteroatoms. The molecule has 1 heterocycles. The van der Waals surface area contributed by atoms with Gasteiger partial charge in [0.25, 0.3) is 0 Å². The average molecular weight is 349 g/mol. The van der Waals surface area contributed by atoms with Crippen molar-refractivity contribution in [3.8, 4) is 17.2 Å². The molecule has 0 unspecified atom stereocenters. The van der Waals surface area contributed by atoms with Crippen LogP contribution < -0.4 is 30.5 Å². The second-order valence-corrected chi connectivity index (χ2v) is 5.47. The summed E-state index contributed by atoms with van der Waals surface area (Å²) in [5.41, 5.74) is 13.6. The minimum Gasteiger partial charge on any atom is -0.496 e. The summed E-state index contributed by atoms with van der Waals surface area (Å²) in [6.07, 6.45) is 1.56. The number of anilines is 2. The standard InChI is InChI=1S/C16H22N4O3.C2H6/c1-9(2)11-7-12(21-4)10(3)6-13(11)23-14-8-20(22-5)16(18)19-15(14)17;1-2/h6-9H,1-5H3,(H3,17,18,19);1-2H3/p+1. The van der Waals surface area contributed by atoms with Crippen molar-refractivity contribution >= 4 is 11.8 Å². The first-order valence-electron chi connectivity index (χ1n) is 8.25. The van der Waals surface area contributed by atoms with E-state index >= 15 is 0 Å². The van der Waals surface area contributed by atoms with Crippen LogP contribution in [0.3, 0.4) is 0 Å². The molecular weight excluding hydrogens is 320 g/mol. The van der Waals surface area contributed by atoms with Crippen molar-refractivity contribution in [3.05, 3.63) is 29.5 Å². The van der Waals surface area contributed by atoms with Gasteiger partial charge in [-0.25, -0.2) is 0 Å².